The second-order valence-electron chi connectivity index (χ2n) is 4.51. The normalized spacial score (nSPS) is 12.1. The number of nitriles is 1. The van der Waals surface area contributed by atoms with Gasteiger partial charge in [-0.3, -0.25) is 4.79 Å². The van der Waals surface area contributed by atoms with E-state index in [1.807, 2.05) is 66.7 Å². The Balaban J connectivity index is 2.33. The van der Waals surface area contributed by atoms with Gasteiger partial charge in [0.1, 0.15) is 6.07 Å². The molecule has 0 heterocycles. The summed E-state index contributed by atoms with van der Waals surface area (Å²) >= 11 is 0. The summed E-state index contributed by atoms with van der Waals surface area (Å²) in [5.74, 6) is -0.807. The van der Waals surface area contributed by atoms with Crippen LogP contribution in [0.25, 0.3) is 0 Å². The summed E-state index contributed by atoms with van der Waals surface area (Å²) in [6, 6.07) is 20.3. The molecule has 0 saturated heterocycles. The second kappa shape index (κ2) is 8.05. The van der Waals surface area contributed by atoms with Crippen LogP contribution < -0.4 is 5.73 Å². The van der Waals surface area contributed by atoms with Crippen molar-refractivity contribution in [3.05, 3.63) is 83.2 Å². The Labute approximate surface area is 134 Å². The van der Waals surface area contributed by atoms with E-state index >= 15 is 0 Å². The van der Waals surface area contributed by atoms with Gasteiger partial charge in [0.05, 0.1) is 0 Å². The third kappa shape index (κ3) is 4.76. The minimum absolute atomic E-state index is 0.131. The molecule has 0 aliphatic rings. The third-order valence-corrected chi connectivity index (χ3v) is 2.85. The summed E-state index contributed by atoms with van der Waals surface area (Å²) in [6.45, 7) is 0. The zero-order valence-corrected chi connectivity index (χ0v) is 12.3. The van der Waals surface area contributed by atoms with E-state index in [9.17, 15) is 10.1 Å². The maximum Gasteiger partial charge on any atom is 0.270 e. The average molecular weight is 302 g/mol. The van der Waals surface area contributed by atoms with Gasteiger partial charge in [0, 0.05) is 12.4 Å². The van der Waals surface area contributed by atoms with Gasteiger partial charge in [-0.2, -0.15) is 5.26 Å². The van der Waals surface area contributed by atoms with E-state index in [0.717, 1.165) is 11.1 Å². The van der Waals surface area contributed by atoms with Gasteiger partial charge in [0.15, 0.2) is 11.4 Å². The number of allylic oxidation sites excluding steroid dienone is 1. The number of nitrogens with zero attached hydrogens (tertiary/aromatic N) is 3. The molecule has 112 valence electrons. The van der Waals surface area contributed by atoms with Gasteiger partial charge in [-0.15, -0.1) is 0 Å². The van der Waals surface area contributed by atoms with Crippen molar-refractivity contribution in [1.29, 1.82) is 5.26 Å². The van der Waals surface area contributed by atoms with Crippen molar-refractivity contribution >= 4 is 18.3 Å². The van der Waals surface area contributed by atoms with Crippen molar-refractivity contribution in [3.8, 4) is 6.07 Å². The maximum atomic E-state index is 11.6. The molecule has 0 bridgehead atoms. The molecule has 0 radical (unpaired) electrons. The number of carbonyl (C=O) groups excluding carboxylic acids is 1. The van der Waals surface area contributed by atoms with Crippen LogP contribution >= 0.6 is 0 Å². The largest absolute Gasteiger partial charge is 0.364 e. The Hall–Kier alpha value is -3.52. The van der Waals surface area contributed by atoms with E-state index in [1.165, 1.54) is 12.4 Å². The van der Waals surface area contributed by atoms with Gasteiger partial charge in [0.25, 0.3) is 5.91 Å². The van der Waals surface area contributed by atoms with Gasteiger partial charge >= 0.3 is 0 Å². The number of carbonyl (C=O) groups is 1. The minimum atomic E-state index is -0.807. The fourth-order valence-corrected chi connectivity index (χ4v) is 1.74. The van der Waals surface area contributed by atoms with Crippen LogP contribution in [-0.2, 0) is 4.79 Å². The van der Waals surface area contributed by atoms with E-state index in [2.05, 4.69) is 9.98 Å². The fraction of sp³-hybridized carbons (Fsp3) is 0. The van der Waals surface area contributed by atoms with Crippen molar-refractivity contribution in [1.82, 2.24) is 0 Å². The van der Waals surface area contributed by atoms with Crippen molar-refractivity contribution in [3.63, 3.8) is 0 Å². The third-order valence-electron chi connectivity index (χ3n) is 2.85. The van der Waals surface area contributed by atoms with Crippen LogP contribution in [0.4, 0.5) is 0 Å². The number of hydrogen-bond donors (Lipinski definition) is 1. The van der Waals surface area contributed by atoms with Crippen molar-refractivity contribution < 1.29 is 4.79 Å². The quantitative estimate of drug-likeness (QED) is 0.522. The van der Waals surface area contributed by atoms with E-state index in [-0.39, 0.29) is 11.4 Å². The first kappa shape index (κ1) is 15.9. The van der Waals surface area contributed by atoms with Crippen molar-refractivity contribution in [2.24, 2.45) is 15.7 Å². The molecule has 0 saturated carbocycles. The molecule has 2 aromatic carbocycles. The topological polar surface area (TPSA) is 91.6 Å². The first-order valence-corrected chi connectivity index (χ1v) is 6.83. The van der Waals surface area contributed by atoms with Crippen LogP contribution in [0.2, 0.25) is 0 Å². The summed E-state index contributed by atoms with van der Waals surface area (Å²) < 4.78 is 0. The summed E-state index contributed by atoms with van der Waals surface area (Å²) in [5.41, 5.74) is 6.59. The van der Waals surface area contributed by atoms with Gasteiger partial charge in [-0.25, -0.2) is 9.98 Å². The summed E-state index contributed by atoms with van der Waals surface area (Å²) in [6.07, 6.45) is 2.95. The predicted octanol–water partition coefficient (Wildman–Crippen LogP) is 2.45. The SMILES string of the molecule is N#C/C(N=Cc1ccccc1)=C(/N=Cc1ccccc1)C(N)=O. The lowest BCUT2D eigenvalue weighted by molar-refractivity contribution is -0.114. The smallest absolute Gasteiger partial charge is 0.270 e. The summed E-state index contributed by atoms with van der Waals surface area (Å²) in [5, 5.41) is 9.22. The molecule has 1 amide bonds. The molecule has 0 unspecified atom stereocenters. The maximum absolute atomic E-state index is 11.6. The molecule has 0 aliphatic carbocycles. The number of primary amides is 1. The molecule has 2 rings (SSSR count). The second-order valence-corrected chi connectivity index (χ2v) is 4.51. The van der Waals surface area contributed by atoms with Gasteiger partial charge in [-0.1, -0.05) is 60.7 Å². The van der Waals surface area contributed by atoms with Gasteiger partial charge < -0.3 is 5.73 Å². The molecular weight excluding hydrogens is 288 g/mol. The lowest BCUT2D eigenvalue weighted by atomic mass is 10.2. The highest BCUT2D eigenvalue weighted by atomic mass is 16.1. The van der Waals surface area contributed by atoms with Crippen LogP contribution in [0.1, 0.15) is 11.1 Å². The predicted molar refractivity (Wildman–Crippen MR) is 89.9 cm³/mol. The Bertz CT molecular complexity index is 800. The Morgan fingerprint density at radius 1 is 0.913 bits per heavy atom. The van der Waals surface area contributed by atoms with Crippen LogP contribution in [0.5, 0.6) is 0 Å². The zero-order valence-electron chi connectivity index (χ0n) is 12.3. The molecule has 5 heteroatoms. The molecular formula is C18H14N4O. The average Bonchev–Trinajstić information content (AvgIpc) is 2.59. The molecule has 0 atom stereocenters. The van der Waals surface area contributed by atoms with E-state index < -0.39 is 5.91 Å². The number of amides is 1. The molecule has 5 nitrogen and oxygen atoms in total. The van der Waals surface area contributed by atoms with Crippen LogP contribution in [-0.4, -0.2) is 18.3 Å². The lowest BCUT2D eigenvalue weighted by Gasteiger charge is -1.98. The van der Waals surface area contributed by atoms with Crippen LogP contribution in [0, 0.1) is 11.3 Å². The first-order valence-electron chi connectivity index (χ1n) is 6.83. The highest BCUT2D eigenvalue weighted by molar-refractivity contribution is 5.96. The number of hydrogen-bond acceptors (Lipinski definition) is 4. The van der Waals surface area contributed by atoms with Gasteiger partial charge in [0.2, 0.25) is 0 Å². The number of benzene rings is 2. The molecule has 0 spiro atoms. The van der Waals surface area contributed by atoms with E-state index in [1.54, 1.807) is 0 Å². The molecule has 0 aromatic heterocycles. The Morgan fingerprint density at radius 3 is 1.83 bits per heavy atom. The monoisotopic (exact) mass is 302 g/mol. The zero-order chi connectivity index (χ0) is 16.5. The Morgan fingerprint density at radius 2 is 1.39 bits per heavy atom. The van der Waals surface area contributed by atoms with Crippen molar-refractivity contribution in [2.75, 3.05) is 0 Å². The lowest BCUT2D eigenvalue weighted by Crippen LogP contribution is -2.14. The van der Waals surface area contributed by atoms with Crippen LogP contribution in [0.3, 0.4) is 0 Å². The summed E-state index contributed by atoms with van der Waals surface area (Å²) in [7, 11) is 0. The molecule has 2 N–H and O–H groups in total. The molecule has 23 heavy (non-hydrogen) atoms. The molecule has 0 aliphatic heterocycles. The fourth-order valence-electron chi connectivity index (χ4n) is 1.74. The molecule has 2 aromatic rings. The van der Waals surface area contributed by atoms with Crippen LogP contribution in [0.15, 0.2) is 82.0 Å². The highest BCUT2D eigenvalue weighted by Crippen LogP contribution is 2.08. The Kier molecular flexibility index (Phi) is 5.55. The van der Waals surface area contributed by atoms with Gasteiger partial charge in [-0.05, 0) is 11.1 Å². The number of nitrogens with two attached hydrogens (primary N) is 1. The first-order chi connectivity index (χ1) is 11.2. The van der Waals surface area contributed by atoms with E-state index in [4.69, 9.17) is 5.73 Å². The number of rotatable bonds is 5. The summed E-state index contributed by atoms with van der Waals surface area (Å²) in [4.78, 5) is 19.6. The van der Waals surface area contributed by atoms with Crippen molar-refractivity contribution in [2.45, 2.75) is 0 Å². The van der Waals surface area contributed by atoms with E-state index in [0.29, 0.717) is 0 Å². The number of aliphatic imine (C=N–C) groups is 2. The highest BCUT2D eigenvalue weighted by Gasteiger charge is 2.10. The molecule has 0 fully saturated rings. The standard InChI is InChI=1S/C18H14N4O/c19-11-16(21-12-14-7-3-1-4-8-14)17(18(20)23)22-13-15-9-5-2-6-10-15/h1-10,12-13H,(H2,20,23)/b17-16-,21-12?,22-13?. The minimum Gasteiger partial charge on any atom is -0.364 e.